The van der Waals surface area contributed by atoms with E-state index in [1.54, 1.807) is 19.1 Å². The van der Waals surface area contributed by atoms with Gasteiger partial charge in [-0.2, -0.15) is 0 Å². The van der Waals surface area contributed by atoms with Gasteiger partial charge in [0.1, 0.15) is 18.1 Å². The summed E-state index contributed by atoms with van der Waals surface area (Å²) in [4.78, 5) is 24.7. The predicted molar refractivity (Wildman–Crippen MR) is 137 cm³/mol. The van der Waals surface area contributed by atoms with Gasteiger partial charge in [0.2, 0.25) is 5.91 Å². The molecule has 7 heteroatoms. The van der Waals surface area contributed by atoms with Gasteiger partial charge in [0.25, 0.3) is 5.91 Å². The first-order valence-electron chi connectivity index (χ1n) is 12.9. The number of aryl methyl sites for hydroxylation is 1. The summed E-state index contributed by atoms with van der Waals surface area (Å²) >= 11 is 0. The van der Waals surface area contributed by atoms with Crippen LogP contribution in [0.15, 0.2) is 30.3 Å². The number of ether oxygens (including phenoxy) is 2. The van der Waals surface area contributed by atoms with E-state index < -0.39 is 5.91 Å². The molecule has 2 saturated carbocycles. The number of hydrogen-bond acceptors (Lipinski definition) is 5. The van der Waals surface area contributed by atoms with Crippen LogP contribution in [0.4, 0.5) is 5.69 Å². The van der Waals surface area contributed by atoms with Gasteiger partial charge in [0.15, 0.2) is 0 Å². The molecule has 2 amide bonds. The van der Waals surface area contributed by atoms with Crippen LogP contribution in [0, 0.1) is 24.2 Å². The Hall–Kier alpha value is -3.06. The van der Waals surface area contributed by atoms with Crippen molar-refractivity contribution in [3.8, 4) is 11.5 Å². The fraction of sp³-hybridized carbons (Fsp3) is 0.517. The highest BCUT2D eigenvalue weighted by atomic mass is 16.5. The largest absolute Gasteiger partial charge is 0.508 e. The lowest BCUT2D eigenvalue weighted by Crippen LogP contribution is -2.45. The van der Waals surface area contributed by atoms with E-state index >= 15 is 0 Å². The Kier molecular flexibility index (Phi) is 6.45. The van der Waals surface area contributed by atoms with Crippen LogP contribution in [0.5, 0.6) is 11.5 Å². The van der Waals surface area contributed by atoms with E-state index in [-0.39, 0.29) is 29.6 Å². The highest BCUT2D eigenvalue weighted by molar-refractivity contribution is 6.01. The number of nitrogens with two attached hydrogens (primary N) is 1. The fourth-order valence-corrected chi connectivity index (χ4v) is 7.46. The number of rotatable bonds is 6. The van der Waals surface area contributed by atoms with Gasteiger partial charge in [-0.1, -0.05) is 13.0 Å². The van der Waals surface area contributed by atoms with Gasteiger partial charge in [0, 0.05) is 5.69 Å². The number of aromatic hydroxyl groups is 1. The topological polar surface area (TPSA) is 111 Å². The molecule has 0 aromatic heterocycles. The third-order valence-electron chi connectivity index (χ3n) is 9.21. The Bertz CT molecular complexity index is 1190. The van der Waals surface area contributed by atoms with E-state index in [2.05, 4.69) is 18.3 Å². The van der Waals surface area contributed by atoms with Crippen molar-refractivity contribution < 1.29 is 24.2 Å². The van der Waals surface area contributed by atoms with Gasteiger partial charge >= 0.3 is 0 Å². The molecule has 2 fully saturated rings. The van der Waals surface area contributed by atoms with Crippen LogP contribution in [0.3, 0.4) is 0 Å². The van der Waals surface area contributed by atoms with Crippen molar-refractivity contribution in [2.75, 3.05) is 19.0 Å². The van der Waals surface area contributed by atoms with Crippen molar-refractivity contribution >= 4 is 17.5 Å². The summed E-state index contributed by atoms with van der Waals surface area (Å²) in [7, 11) is 1.48. The summed E-state index contributed by atoms with van der Waals surface area (Å²) < 4.78 is 11.5. The Morgan fingerprint density at radius 2 is 1.97 bits per heavy atom. The van der Waals surface area contributed by atoms with Gasteiger partial charge in [0.05, 0.1) is 18.8 Å². The van der Waals surface area contributed by atoms with E-state index in [0.717, 1.165) is 38.5 Å². The third kappa shape index (κ3) is 4.13. The van der Waals surface area contributed by atoms with E-state index in [1.165, 1.54) is 18.2 Å². The Morgan fingerprint density at radius 3 is 2.72 bits per heavy atom. The average molecular weight is 493 g/mol. The molecule has 36 heavy (non-hydrogen) atoms. The molecule has 0 spiro atoms. The molecule has 4 N–H and O–H groups in total. The fourth-order valence-electron chi connectivity index (χ4n) is 7.46. The Labute approximate surface area is 212 Å². The molecule has 0 bridgehead atoms. The summed E-state index contributed by atoms with van der Waals surface area (Å²) in [6, 6.07) is 9.24. The number of phenols is 1. The molecule has 192 valence electrons. The molecule has 0 saturated heterocycles. The molecular formula is C29H36N2O5. The molecule has 5 atom stereocenters. The predicted octanol–water partition coefficient (Wildman–Crippen LogP) is 4.69. The molecule has 3 aliphatic rings. The van der Waals surface area contributed by atoms with Crippen LogP contribution in [0.1, 0.15) is 72.0 Å². The molecular weight excluding hydrogens is 456 g/mol. The number of primary amides is 1. The van der Waals surface area contributed by atoms with Crippen molar-refractivity contribution in [3.63, 3.8) is 0 Å². The smallest absolute Gasteiger partial charge is 0.252 e. The molecule has 2 aromatic carbocycles. The molecule has 5 rings (SSSR count). The molecule has 7 nitrogen and oxygen atoms in total. The van der Waals surface area contributed by atoms with Gasteiger partial charge in [-0.25, -0.2) is 0 Å². The first kappa shape index (κ1) is 24.6. The number of anilines is 1. The number of fused-ring (bicyclic) bond motifs is 5. The minimum Gasteiger partial charge on any atom is -0.508 e. The maximum Gasteiger partial charge on any atom is 0.252 e. The maximum atomic E-state index is 12.8. The zero-order chi connectivity index (χ0) is 25.6. The van der Waals surface area contributed by atoms with Crippen LogP contribution in [-0.2, 0) is 16.0 Å². The summed E-state index contributed by atoms with van der Waals surface area (Å²) in [6.45, 7) is 4.06. The van der Waals surface area contributed by atoms with Crippen molar-refractivity contribution in [2.24, 2.45) is 23.0 Å². The number of nitrogens with one attached hydrogen (secondary N) is 1. The highest BCUT2D eigenvalue weighted by Crippen LogP contribution is 2.61. The van der Waals surface area contributed by atoms with Gasteiger partial charge in [-0.05, 0) is 110 Å². The second-order valence-electron chi connectivity index (χ2n) is 10.9. The SMILES string of the molecule is COc1ccc(NC(=O)COC2CCC3C4CCc5cc(O)ccc5C4CCC23C)c(C)c1C(N)=O. The quantitative estimate of drug-likeness (QED) is 0.542. The van der Waals surface area contributed by atoms with Gasteiger partial charge in [-0.15, -0.1) is 0 Å². The van der Waals surface area contributed by atoms with Crippen LogP contribution < -0.4 is 15.8 Å². The molecule has 0 aliphatic heterocycles. The van der Waals surface area contributed by atoms with Crippen LogP contribution in [-0.4, -0.2) is 36.7 Å². The number of methoxy groups -OCH3 is 1. The number of benzene rings is 2. The van der Waals surface area contributed by atoms with Crippen LogP contribution in [0.2, 0.25) is 0 Å². The van der Waals surface area contributed by atoms with Crippen LogP contribution >= 0.6 is 0 Å². The lowest BCUT2D eigenvalue weighted by Gasteiger charge is -2.50. The molecule has 0 radical (unpaired) electrons. The minimum absolute atomic E-state index is 0.0272. The second kappa shape index (κ2) is 9.43. The van der Waals surface area contributed by atoms with Crippen molar-refractivity contribution in [3.05, 3.63) is 52.6 Å². The van der Waals surface area contributed by atoms with E-state index in [1.807, 2.05) is 12.1 Å². The number of amides is 2. The number of hydrogen-bond donors (Lipinski definition) is 3. The zero-order valence-corrected chi connectivity index (χ0v) is 21.3. The summed E-state index contributed by atoms with van der Waals surface area (Å²) in [6.07, 6.45) is 6.49. The number of carbonyl (C=O) groups excluding carboxylic acids is 2. The zero-order valence-electron chi connectivity index (χ0n) is 21.3. The van der Waals surface area contributed by atoms with Gasteiger partial charge in [-0.3, -0.25) is 9.59 Å². The van der Waals surface area contributed by atoms with E-state index in [9.17, 15) is 14.7 Å². The first-order chi connectivity index (χ1) is 17.2. The maximum absolute atomic E-state index is 12.8. The number of phenolic OH excluding ortho intramolecular Hbond substituents is 1. The molecule has 5 unspecified atom stereocenters. The number of carbonyl (C=O) groups is 2. The molecule has 0 heterocycles. The third-order valence-corrected chi connectivity index (χ3v) is 9.21. The Balaban J connectivity index is 1.24. The normalized spacial score (nSPS) is 28.5. The van der Waals surface area contributed by atoms with Crippen LogP contribution in [0.25, 0.3) is 0 Å². The standard InChI is InChI=1S/C29H36N2O5/c1-16-23(9-10-24(35-3)27(16)28(30)34)31-26(33)15-36-25-11-8-22-21-6-4-17-14-18(32)5-7-19(17)20(21)12-13-29(22,25)2/h5,7,9-10,14,20-22,25,32H,4,6,8,11-13,15H2,1-3H3,(H2,30,34)(H,31,33). The van der Waals surface area contributed by atoms with Crippen molar-refractivity contribution in [1.82, 2.24) is 0 Å². The summed E-state index contributed by atoms with van der Waals surface area (Å²) in [5.41, 5.74) is 9.67. The first-order valence-corrected chi connectivity index (χ1v) is 12.9. The second-order valence-corrected chi connectivity index (χ2v) is 10.9. The molecule has 2 aromatic rings. The van der Waals surface area contributed by atoms with E-state index in [4.69, 9.17) is 15.2 Å². The lowest BCUT2D eigenvalue weighted by molar-refractivity contribution is -0.127. The average Bonchev–Trinajstić information content (AvgIpc) is 3.19. The Morgan fingerprint density at radius 1 is 1.17 bits per heavy atom. The van der Waals surface area contributed by atoms with Gasteiger partial charge < -0.3 is 25.6 Å². The van der Waals surface area contributed by atoms with E-state index in [0.29, 0.717) is 40.5 Å². The molecule has 3 aliphatic carbocycles. The van der Waals surface area contributed by atoms with Crippen molar-refractivity contribution in [2.45, 2.75) is 64.4 Å². The summed E-state index contributed by atoms with van der Waals surface area (Å²) in [5, 5.41) is 12.8. The van der Waals surface area contributed by atoms with Crippen molar-refractivity contribution in [1.29, 1.82) is 0 Å². The summed E-state index contributed by atoms with van der Waals surface area (Å²) in [5.74, 6) is 1.65. The highest BCUT2D eigenvalue weighted by Gasteiger charge is 2.55. The monoisotopic (exact) mass is 492 g/mol. The minimum atomic E-state index is -0.598. The lowest BCUT2D eigenvalue weighted by atomic mass is 9.55.